The molecule has 236 valence electrons. The number of alkyl carbamates (subject to hydrolysis) is 1. The normalized spacial score (nSPS) is 17.0. The van der Waals surface area contributed by atoms with Gasteiger partial charge in [-0.1, -0.05) is 84.9 Å². The molecular formula is C36H36FN5O4. The van der Waals surface area contributed by atoms with E-state index < -0.39 is 18.1 Å². The van der Waals surface area contributed by atoms with Gasteiger partial charge in [0.15, 0.2) is 5.82 Å². The van der Waals surface area contributed by atoms with Crippen molar-refractivity contribution in [1.29, 1.82) is 0 Å². The maximum absolute atomic E-state index is 14.1. The average molecular weight is 622 g/mol. The zero-order valence-electron chi connectivity index (χ0n) is 25.4. The van der Waals surface area contributed by atoms with Gasteiger partial charge in [-0.2, -0.15) is 0 Å². The number of ether oxygens (including phenoxy) is 2. The Hall–Kier alpha value is -5.06. The second kappa shape index (κ2) is 14.4. The number of halogens is 1. The van der Waals surface area contributed by atoms with E-state index in [1.54, 1.807) is 12.1 Å². The number of amides is 2. The number of fused-ring (bicyclic) bond motifs is 1. The standard InChI is InChI=1S/C36H36FN5O4/c1-45-36(44)42-33(31(24-12-4-2-5-13-24)25-14-6-3-7-15-25)35(43)40-28-17-9-8-11-23(28)19-20-26-21-38-30(22-46-26)34-39-29-18-10-16-27(37)32(29)41-34/h2-18,26,30-31,33,38H,19-22H2,1H3,(H,39,41)(H,40,43)(H,42,44). The number of aryl methyl sites for hydroxylation is 1. The Labute approximate surface area is 266 Å². The third kappa shape index (κ3) is 7.09. The van der Waals surface area contributed by atoms with Crippen LogP contribution in [-0.2, 0) is 20.7 Å². The molecule has 0 radical (unpaired) electrons. The fraction of sp³-hybridized carbons (Fsp3) is 0.250. The summed E-state index contributed by atoms with van der Waals surface area (Å²) in [5.74, 6) is -0.544. The van der Waals surface area contributed by atoms with Crippen LogP contribution < -0.4 is 16.0 Å². The summed E-state index contributed by atoms with van der Waals surface area (Å²) in [6.45, 7) is 0.991. The molecule has 4 aromatic carbocycles. The summed E-state index contributed by atoms with van der Waals surface area (Å²) < 4.78 is 25.2. The van der Waals surface area contributed by atoms with Gasteiger partial charge in [0.1, 0.15) is 17.4 Å². The number of aromatic nitrogens is 2. The first kappa shape index (κ1) is 30.9. The van der Waals surface area contributed by atoms with E-state index in [0.717, 1.165) is 16.7 Å². The molecule has 0 spiro atoms. The Morgan fingerprint density at radius 3 is 2.30 bits per heavy atom. The van der Waals surface area contributed by atoms with Gasteiger partial charge in [0.25, 0.3) is 0 Å². The van der Waals surface area contributed by atoms with E-state index in [0.29, 0.717) is 48.5 Å². The third-order valence-electron chi connectivity index (χ3n) is 8.31. The van der Waals surface area contributed by atoms with Crippen LogP contribution in [0.2, 0.25) is 0 Å². The van der Waals surface area contributed by atoms with E-state index in [-0.39, 0.29) is 23.9 Å². The largest absolute Gasteiger partial charge is 0.453 e. The molecule has 5 aromatic rings. The van der Waals surface area contributed by atoms with Crippen molar-refractivity contribution in [3.8, 4) is 0 Å². The molecule has 0 saturated carbocycles. The molecule has 6 rings (SSSR count). The first-order valence-corrected chi connectivity index (χ1v) is 15.3. The molecule has 0 aliphatic carbocycles. The lowest BCUT2D eigenvalue weighted by atomic mass is 9.84. The second-order valence-corrected chi connectivity index (χ2v) is 11.3. The minimum absolute atomic E-state index is 0.0598. The fourth-order valence-electron chi connectivity index (χ4n) is 5.94. The van der Waals surface area contributed by atoms with Crippen molar-refractivity contribution >= 4 is 28.7 Å². The number of hydrogen-bond acceptors (Lipinski definition) is 6. The first-order valence-electron chi connectivity index (χ1n) is 15.3. The number of H-pyrrole nitrogens is 1. The van der Waals surface area contributed by atoms with Crippen molar-refractivity contribution in [1.82, 2.24) is 20.6 Å². The summed E-state index contributed by atoms with van der Waals surface area (Å²) in [6.07, 6.45) is 0.606. The van der Waals surface area contributed by atoms with Gasteiger partial charge in [-0.3, -0.25) is 4.79 Å². The number of aromatic amines is 1. The lowest BCUT2D eigenvalue weighted by molar-refractivity contribution is -0.118. The van der Waals surface area contributed by atoms with Crippen molar-refractivity contribution in [3.63, 3.8) is 0 Å². The van der Waals surface area contributed by atoms with Gasteiger partial charge in [-0.15, -0.1) is 0 Å². The van der Waals surface area contributed by atoms with Crippen LogP contribution in [-0.4, -0.2) is 54.4 Å². The number of nitrogens with zero attached hydrogens (tertiary/aromatic N) is 1. The molecule has 1 saturated heterocycles. The highest BCUT2D eigenvalue weighted by atomic mass is 19.1. The van der Waals surface area contributed by atoms with Crippen LogP contribution in [0.25, 0.3) is 11.0 Å². The summed E-state index contributed by atoms with van der Waals surface area (Å²) in [4.78, 5) is 34.2. The number of methoxy groups -OCH3 is 1. The number of carbonyl (C=O) groups is 2. The second-order valence-electron chi connectivity index (χ2n) is 11.3. The number of hydrogen-bond donors (Lipinski definition) is 4. The topological polar surface area (TPSA) is 117 Å². The number of rotatable bonds is 10. The molecule has 1 fully saturated rings. The molecule has 9 nitrogen and oxygen atoms in total. The van der Waals surface area contributed by atoms with Crippen molar-refractivity contribution in [2.75, 3.05) is 25.6 Å². The van der Waals surface area contributed by atoms with Gasteiger partial charge in [-0.25, -0.2) is 14.2 Å². The predicted molar refractivity (Wildman–Crippen MR) is 174 cm³/mol. The fourth-order valence-corrected chi connectivity index (χ4v) is 5.94. The zero-order chi connectivity index (χ0) is 31.9. The maximum Gasteiger partial charge on any atom is 0.407 e. The molecule has 46 heavy (non-hydrogen) atoms. The Morgan fingerprint density at radius 1 is 0.957 bits per heavy atom. The summed E-state index contributed by atoms with van der Waals surface area (Å²) in [5, 5.41) is 9.34. The van der Waals surface area contributed by atoms with Crippen LogP contribution in [0.4, 0.5) is 14.9 Å². The minimum atomic E-state index is -0.958. The summed E-state index contributed by atoms with van der Waals surface area (Å²) >= 11 is 0. The van der Waals surface area contributed by atoms with Gasteiger partial charge in [0.05, 0.1) is 31.4 Å². The average Bonchev–Trinajstić information content (AvgIpc) is 3.54. The molecule has 0 bridgehead atoms. The van der Waals surface area contributed by atoms with E-state index in [1.165, 1.54) is 13.2 Å². The van der Waals surface area contributed by atoms with E-state index in [4.69, 9.17) is 9.47 Å². The Balaban J connectivity index is 1.14. The highest BCUT2D eigenvalue weighted by Crippen LogP contribution is 2.30. The van der Waals surface area contributed by atoms with Gasteiger partial charge < -0.3 is 30.4 Å². The van der Waals surface area contributed by atoms with Crippen molar-refractivity contribution in [2.45, 2.75) is 36.9 Å². The van der Waals surface area contributed by atoms with E-state index in [9.17, 15) is 14.0 Å². The number of carbonyl (C=O) groups excluding carboxylic acids is 2. The quantitative estimate of drug-likeness (QED) is 0.155. The number of nitrogens with one attached hydrogen (secondary N) is 4. The number of anilines is 1. The number of imidazole rings is 1. The highest BCUT2D eigenvalue weighted by Gasteiger charge is 2.33. The molecule has 1 aliphatic heterocycles. The molecule has 1 aromatic heterocycles. The lowest BCUT2D eigenvalue weighted by Crippen LogP contribution is -2.48. The van der Waals surface area contributed by atoms with Gasteiger partial charge in [0.2, 0.25) is 5.91 Å². The number of para-hydroxylation sites is 2. The lowest BCUT2D eigenvalue weighted by Gasteiger charge is -2.30. The Bertz CT molecular complexity index is 1730. The summed E-state index contributed by atoms with van der Waals surface area (Å²) in [7, 11) is 1.28. The molecule has 1 aliphatic rings. The Kier molecular flexibility index (Phi) is 9.66. The number of morpholine rings is 1. The van der Waals surface area contributed by atoms with Crippen LogP contribution in [0.15, 0.2) is 103 Å². The van der Waals surface area contributed by atoms with Crippen molar-refractivity contribution < 1.29 is 23.5 Å². The van der Waals surface area contributed by atoms with Gasteiger partial charge in [0, 0.05) is 18.2 Å². The van der Waals surface area contributed by atoms with Crippen LogP contribution in [0.5, 0.6) is 0 Å². The van der Waals surface area contributed by atoms with Gasteiger partial charge in [-0.05, 0) is 47.7 Å². The SMILES string of the molecule is COC(=O)NC(C(=O)Nc1ccccc1CCC1CNC(c2nc3c(F)cccc3[nH]2)CO1)C(c1ccccc1)c1ccccc1. The van der Waals surface area contributed by atoms with Crippen LogP contribution in [0.3, 0.4) is 0 Å². The number of benzene rings is 4. The Morgan fingerprint density at radius 2 is 1.65 bits per heavy atom. The van der Waals surface area contributed by atoms with Crippen molar-refractivity contribution in [2.24, 2.45) is 0 Å². The van der Waals surface area contributed by atoms with Crippen LogP contribution in [0.1, 0.15) is 40.9 Å². The van der Waals surface area contributed by atoms with E-state index in [2.05, 4.69) is 25.9 Å². The molecule has 2 amide bonds. The van der Waals surface area contributed by atoms with Crippen molar-refractivity contribution in [3.05, 3.63) is 131 Å². The van der Waals surface area contributed by atoms with E-state index >= 15 is 0 Å². The maximum atomic E-state index is 14.1. The van der Waals surface area contributed by atoms with Crippen LogP contribution in [0, 0.1) is 5.82 Å². The summed E-state index contributed by atoms with van der Waals surface area (Å²) in [6, 6.07) is 30.6. The van der Waals surface area contributed by atoms with E-state index in [1.807, 2.05) is 84.9 Å². The predicted octanol–water partition coefficient (Wildman–Crippen LogP) is 5.86. The molecule has 4 N–H and O–H groups in total. The summed E-state index contributed by atoms with van der Waals surface area (Å²) in [5.41, 5.74) is 4.35. The molecule has 2 heterocycles. The molecular weight excluding hydrogens is 585 g/mol. The molecule has 10 heteroatoms. The minimum Gasteiger partial charge on any atom is -0.453 e. The third-order valence-corrected chi connectivity index (χ3v) is 8.31. The van der Waals surface area contributed by atoms with Gasteiger partial charge >= 0.3 is 6.09 Å². The highest BCUT2D eigenvalue weighted by molar-refractivity contribution is 5.98. The zero-order valence-corrected chi connectivity index (χ0v) is 25.4. The van der Waals surface area contributed by atoms with Crippen LogP contribution >= 0.6 is 0 Å². The molecule has 3 atom stereocenters. The smallest absolute Gasteiger partial charge is 0.407 e. The first-order chi connectivity index (χ1) is 22.5. The molecule has 3 unspecified atom stereocenters. The monoisotopic (exact) mass is 621 g/mol.